The van der Waals surface area contributed by atoms with Crippen molar-refractivity contribution in [3.8, 4) is 0 Å². The molecule has 0 spiro atoms. The average Bonchev–Trinajstić information content (AvgIpc) is 2.62. The maximum atomic E-state index is 11.5. The van der Waals surface area contributed by atoms with Crippen molar-refractivity contribution in [1.29, 1.82) is 0 Å². The van der Waals surface area contributed by atoms with Gasteiger partial charge in [0.25, 0.3) is 0 Å². The average molecular weight is 518 g/mol. The van der Waals surface area contributed by atoms with Gasteiger partial charge >= 0.3 is 11.9 Å². The van der Waals surface area contributed by atoms with Crippen LogP contribution in [0.2, 0.25) is 0 Å². The van der Waals surface area contributed by atoms with Crippen molar-refractivity contribution in [3.63, 3.8) is 0 Å². The van der Waals surface area contributed by atoms with Crippen LogP contribution in [0.1, 0.15) is 19.3 Å². The Kier molecular flexibility index (Phi) is 17.7. The Morgan fingerprint density at radius 3 is 1.32 bits per heavy atom. The largest absolute Gasteiger partial charge is 0.480 e. The predicted molar refractivity (Wildman–Crippen MR) is 135 cm³/mol. The van der Waals surface area contributed by atoms with Crippen LogP contribution in [0, 0.1) is 0 Å². The van der Waals surface area contributed by atoms with Gasteiger partial charge in [-0.25, -0.2) is 9.59 Å². The molecule has 0 fully saturated rings. The molecule has 12 heteroatoms. The molecule has 8 N–H and O–H groups in total. The monoisotopic (exact) mass is 516 g/mol. The molecular formula is C19H28Cl4N4O4. The Morgan fingerprint density at radius 2 is 1.03 bits per heavy atom. The molecule has 0 aliphatic carbocycles. The number of halogens is 4. The maximum Gasteiger partial charge on any atom is 0.326 e. The van der Waals surface area contributed by atoms with Gasteiger partial charge in [-0.1, -0.05) is 24.3 Å². The molecule has 2 unspecified atom stereocenters. The lowest BCUT2D eigenvalue weighted by Gasteiger charge is -2.20. The minimum absolute atomic E-state index is 0. The van der Waals surface area contributed by atoms with Crippen LogP contribution >= 0.6 is 49.6 Å². The molecule has 0 aliphatic heterocycles. The molecule has 2 rings (SSSR count). The second kappa shape index (κ2) is 16.4. The van der Waals surface area contributed by atoms with Crippen LogP contribution in [0.4, 0.5) is 22.7 Å². The Morgan fingerprint density at radius 1 is 0.710 bits per heavy atom. The molecule has 8 nitrogen and oxygen atoms in total. The van der Waals surface area contributed by atoms with Crippen LogP contribution < -0.4 is 22.1 Å². The number of para-hydroxylation sites is 4. The molecule has 2 aromatic rings. The molecule has 0 saturated heterocycles. The van der Waals surface area contributed by atoms with Gasteiger partial charge in [0.15, 0.2) is 0 Å². The SMILES string of the molecule is Cl.Cl.Cl.Cl.Nc1ccccc1NC(CCCC(Nc1ccccc1N)C(=O)O)C(=O)O. The van der Waals surface area contributed by atoms with Crippen molar-refractivity contribution in [3.05, 3.63) is 48.5 Å². The summed E-state index contributed by atoms with van der Waals surface area (Å²) in [5, 5.41) is 24.6. The zero-order valence-corrected chi connectivity index (χ0v) is 19.7. The highest BCUT2D eigenvalue weighted by Crippen LogP contribution is 2.21. The Bertz CT molecular complexity index is 748. The number of carboxylic acids is 2. The summed E-state index contributed by atoms with van der Waals surface area (Å²) in [5.74, 6) is -2.05. The number of hydrogen-bond acceptors (Lipinski definition) is 6. The number of nitrogens with one attached hydrogen (secondary N) is 2. The lowest BCUT2D eigenvalue weighted by molar-refractivity contribution is -0.138. The maximum absolute atomic E-state index is 11.5. The van der Waals surface area contributed by atoms with E-state index in [0.29, 0.717) is 29.2 Å². The highest BCUT2D eigenvalue weighted by molar-refractivity contribution is 5.86. The first kappa shape index (κ1) is 33.4. The van der Waals surface area contributed by atoms with Crippen molar-refractivity contribution < 1.29 is 19.8 Å². The lowest BCUT2D eigenvalue weighted by Crippen LogP contribution is -2.32. The zero-order valence-electron chi connectivity index (χ0n) is 16.4. The van der Waals surface area contributed by atoms with E-state index in [1.165, 1.54) is 0 Å². The lowest BCUT2D eigenvalue weighted by atomic mass is 10.0. The third kappa shape index (κ3) is 10.5. The number of nitrogens with two attached hydrogens (primary N) is 2. The number of anilines is 4. The van der Waals surface area contributed by atoms with Gasteiger partial charge in [0.1, 0.15) is 12.1 Å². The molecule has 0 aliphatic rings. The summed E-state index contributed by atoms with van der Waals surface area (Å²) in [6, 6.07) is 12.0. The molecule has 176 valence electrons. The van der Waals surface area contributed by atoms with Crippen LogP contribution in [0.3, 0.4) is 0 Å². The van der Waals surface area contributed by atoms with Gasteiger partial charge in [-0.05, 0) is 43.5 Å². The number of benzene rings is 2. The van der Waals surface area contributed by atoms with Crippen molar-refractivity contribution in [2.24, 2.45) is 0 Å². The van der Waals surface area contributed by atoms with Gasteiger partial charge < -0.3 is 32.3 Å². The summed E-state index contributed by atoms with van der Waals surface area (Å²) >= 11 is 0. The Balaban J connectivity index is -0.00000196. The fourth-order valence-corrected chi connectivity index (χ4v) is 2.67. The first-order valence-electron chi connectivity index (χ1n) is 8.56. The summed E-state index contributed by atoms with van der Waals surface area (Å²) in [5.41, 5.74) is 13.6. The number of aliphatic carboxylic acids is 2. The van der Waals surface area contributed by atoms with E-state index in [0.717, 1.165) is 0 Å². The van der Waals surface area contributed by atoms with E-state index in [4.69, 9.17) is 11.5 Å². The molecule has 0 bridgehead atoms. The van der Waals surface area contributed by atoms with E-state index < -0.39 is 24.0 Å². The van der Waals surface area contributed by atoms with E-state index in [1.54, 1.807) is 48.5 Å². The summed E-state index contributed by atoms with van der Waals surface area (Å²) in [4.78, 5) is 23.0. The van der Waals surface area contributed by atoms with Crippen LogP contribution in [-0.2, 0) is 9.59 Å². The molecule has 0 aromatic heterocycles. The summed E-state index contributed by atoms with van der Waals surface area (Å²) in [6.07, 6.45) is 0.881. The molecular weight excluding hydrogens is 490 g/mol. The quantitative estimate of drug-likeness (QED) is 0.257. The number of rotatable bonds is 10. The van der Waals surface area contributed by atoms with Gasteiger partial charge in [-0.15, -0.1) is 49.6 Å². The van der Waals surface area contributed by atoms with E-state index >= 15 is 0 Å². The van der Waals surface area contributed by atoms with E-state index in [1.807, 2.05) is 0 Å². The van der Waals surface area contributed by atoms with Gasteiger partial charge in [0, 0.05) is 0 Å². The predicted octanol–water partition coefficient (Wildman–Crippen LogP) is 4.14. The second-order valence-corrected chi connectivity index (χ2v) is 6.18. The summed E-state index contributed by atoms with van der Waals surface area (Å²) in [6.45, 7) is 0. The van der Waals surface area contributed by atoms with Crippen molar-refractivity contribution in [2.75, 3.05) is 22.1 Å². The van der Waals surface area contributed by atoms with Crippen LogP contribution in [0.15, 0.2) is 48.5 Å². The van der Waals surface area contributed by atoms with Crippen LogP contribution in [0.25, 0.3) is 0 Å². The van der Waals surface area contributed by atoms with Gasteiger partial charge in [0.2, 0.25) is 0 Å². The topological polar surface area (TPSA) is 151 Å². The van der Waals surface area contributed by atoms with E-state index in [-0.39, 0.29) is 62.5 Å². The Hall–Kier alpha value is -2.26. The smallest absolute Gasteiger partial charge is 0.326 e. The van der Waals surface area contributed by atoms with Crippen molar-refractivity contribution in [1.82, 2.24) is 0 Å². The molecule has 31 heavy (non-hydrogen) atoms. The fourth-order valence-electron chi connectivity index (χ4n) is 2.67. The third-order valence-electron chi connectivity index (χ3n) is 4.16. The molecule has 0 radical (unpaired) electrons. The molecule has 2 aromatic carbocycles. The molecule has 0 amide bonds. The standard InChI is InChI=1S/C19H24N4O4.4ClH/c20-12-6-1-3-8-14(12)22-16(18(24)25)10-5-11-17(19(26)27)23-15-9-4-2-7-13(15)21;;;;/h1-4,6-9,16-17,22-23H,5,10-11,20-21H2,(H,24,25)(H,26,27);4*1H. The van der Waals surface area contributed by atoms with Gasteiger partial charge in [-0.3, -0.25) is 0 Å². The zero-order chi connectivity index (χ0) is 19.8. The minimum Gasteiger partial charge on any atom is -0.480 e. The van der Waals surface area contributed by atoms with Gasteiger partial charge in [-0.2, -0.15) is 0 Å². The summed E-state index contributed by atoms with van der Waals surface area (Å²) in [7, 11) is 0. The second-order valence-electron chi connectivity index (χ2n) is 6.18. The highest BCUT2D eigenvalue weighted by Gasteiger charge is 2.22. The minimum atomic E-state index is -1.02. The molecule has 0 saturated carbocycles. The van der Waals surface area contributed by atoms with Crippen LogP contribution in [0.5, 0.6) is 0 Å². The summed E-state index contributed by atoms with van der Waals surface area (Å²) < 4.78 is 0. The normalized spacial score (nSPS) is 11.1. The molecule has 0 heterocycles. The van der Waals surface area contributed by atoms with Crippen molar-refractivity contribution in [2.45, 2.75) is 31.3 Å². The number of nitrogen functional groups attached to an aromatic ring is 2. The number of hydrogen-bond donors (Lipinski definition) is 6. The first-order chi connectivity index (χ1) is 12.9. The number of carboxylic acid groups (broad SMARTS) is 2. The van der Waals surface area contributed by atoms with E-state index in [9.17, 15) is 19.8 Å². The first-order valence-corrected chi connectivity index (χ1v) is 8.56. The number of carbonyl (C=O) groups is 2. The third-order valence-corrected chi connectivity index (χ3v) is 4.16. The fraction of sp³-hybridized carbons (Fsp3) is 0.263. The van der Waals surface area contributed by atoms with Crippen molar-refractivity contribution >= 4 is 84.3 Å². The molecule has 2 atom stereocenters. The van der Waals surface area contributed by atoms with Gasteiger partial charge in [0.05, 0.1) is 22.7 Å². The Labute approximate surface area is 205 Å². The van der Waals surface area contributed by atoms with Crippen LogP contribution in [-0.4, -0.2) is 34.2 Å². The van der Waals surface area contributed by atoms with E-state index in [2.05, 4.69) is 10.6 Å². The highest BCUT2D eigenvalue weighted by atomic mass is 35.5.